The van der Waals surface area contributed by atoms with Crippen molar-refractivity contribution in [1.29, 1.82) is 0 Å². The van der Waals surface area contributed by atoms with E-state index in [-0.39, 0.29) is 18.1 Å². The lowest BCUT2D eigenvalue weighted by atomic mass is 10.2. The number of rotatable bonds is 9. The molecule has 1 amide bonds. The highest BCUT2D eigenvalue weighted by molar-refractivity contribution is 7.13. The number of carbonyl (C=O) groups is 2. The van der Waals surface area contributed by atoms with E-state index in [1.807, 2.05) is 13.8 Å². The summed E-state index contributed by atoms with van der Waals surface area (Å²) in [6.07, 6.45) is 1.97. The molecule has 0 bridgehead atoms. The van der Waals surface area contributed by atoms with Gasteiger partial charge in [0.15, 0.2) is 12.3 Å². The quantitative estimate of drug-likeness (QED) is 0.568. The van der Waals surface area contributed by atoms with Gasteiger partial charge in [-0.05, 0) is 26.7 Å². The normalized spacial score (nSPS) is 10.8. The third-order valence-electron chi connectivity index (χ3n) is 4.38. The molecule has 0 unspecified atom stereocenters. The zero-order valence-corrected chi connectivity index (χ0v) is 18.4. The predicted octanol–water partition coefficient (Wildman–Crippen LogP) is 1.59. The molecule has 2 heterocycles. The van der Waals surface area contributed by atoms with Crippen LogP contribution in [0.1, 0.15) is 53.5 Å². The molecule has 0 aliphatic heterocycles. The summed E-state index contributed by atoms with van der Waals surface area (Å²) in [5, 5.41) is 0.716. The lowest BCUT2D eigenvalue weighted by Crippen LogP contribution is -2.43. The largest absolute Gasteiger partial charge is 0.451 e. The Morgan fingerprint density at radius 2 is 1.93 bits per heavy atom. The summed E-state index contributed by atoms with van der Waals surface area (Å²) in [6, 6.07) is 0. The van der Waals surface area contributed by atoms with Gasteiger partial charge in [0.05, 0.1) is 10.7 Å². The van der Waals surface area contributed by atoms with Crippen molar-refractivity contribution in [3.05, 3.63) is 36.4 Å². The first-order valence-corrected chi connectivity index (χ1v) is 10.6. The van der Waals surface area contributed by atoms with E-state index in [0.717, 1.165) is 6.42 Å². The molecule has 2 aromatic heterocycles. The molecule has 2 aromatic rings. The molecular weight excluding hydrogens is 410 g/mol. The molecule has 0 fully saturated rings. The van der Waals surface area contributed by atoms with Crippen molar-refractivity contribution in [2.45, 2.75) is 53.5 Å². The van der Waals surface area contributed by atoms with E-state index in [0.29, 0.717) is 35.0 Å². The van der Waals surface area contributed by atoms with Gasteiger partial charge in [0.25, 0.3) is 11.5 Å². The minimum atomic E-state index is -0.755. The van der Waals surface area contributed by atoms with Gasteiger partial charge >= 0.3 is 11.7 Å². The zero-order chi connectivity index (χ0) is 22.4. The average Bonchev–Trinajstić information content (AvgIpc) is 3.03. The van der Waals surface area contributed by atoms with Crippen LogP contribution in [0, 0.1) is 13.8 Å². The second kappa shape index (κ2) is 10.2. The number of nitrogens with two attached hydrogens (primary N) is 1. The number of anilines is 2. The standard InChI is InChI=1S/C19H27N5O5S/c1-5-7-9-23(14-16(20)24(8-6-2)19(28)22-17(14)26)13(25)10-29-18(27)15-11(3)21-12(4)30-15/h5-10,20H2,1-4H3,(H,22,26,28). The first-order chi connectivity index (χ1) is 14.2. The van der Waals surface area contributed by atoms with Crippen LogP contribution in [0.5, 0.6) is 0 Å². The summed E-state index contributed by atoms with van der Waals surface area (Å²) >= 11 is 1.18. The third-order valence-corrected chi connectivity index (χ3v) is 5.44. The van der Waals surface area contributed by atoms with E-state index in [2.05, 4.69) is 9.97 Å². The first-order valence-electron chi connectivity index (χ1n) is 9.75. The highest BCUT2D eigenvalue weighted by atomic mass is 32.1. The maximum Gasteiger partial charge on any atom is 0.350 e. The number of aryl methyl sites for hydroxylation is 2. The van der Waals surface area contributed by atoms with Crippen molar-refractivity contribution in [1.82, 2.24) is 14.5 Å². The minimum absolute atomic E-state index is 0.0877. The third kappa shape index (κ3) is 5.15. The van der Waals surface area contributed by atoms with Crippen LogP contribution in [0.2, 0.25) is 0 Å². The van der Waals surface area contributed by atoms with E-state index in [4.69, 9.17) is 10.5 Å². The fourth-order valence-electron chi connectivity index (χ4n) is 2.95. The number of amides is 1. The summed E-state index contributed by atoms with van der Waals surface area (Å²) in [5.74, 6) is -1.34. The lowest BCUT2D eigenvalue weighted by Gasteiger charge is -2.24. The van der Waals surface area contributed by atoms with Crippen molar-refractivity contribution < 1.29 is 14.3 Å². The van der Waals surface area contributed by atoms with Gasteiger partial charge in [0.1, 0.15) is 10.7 Å². The van der Waals surface area contributed by atoms with Gasteiger partial charge in [-0.25, -0.2) is 14.6 Å². The van der Waals surface area contributed by atoms with Crippen molar-refractivity contribution in [2.24, 2.45) is 0 Å². The molecule has 10 nitrogen and oxygen atoms in total. The predicted molar refractivity (Wildman–Crippen MR) is 115 cm³/mol. The smallest absolute Gasteiger partial charge is 0.350 e. The average molecular weight is 438 g/mol. The molecule has 30 heavy (non-hydrogen) atoms. The summed E-state index contributed by atoms with van der Waals surface area (Å²) in [5.41, 5.74) is 5.12. The van der Waals surface area contributed by atoms with E-state index >= 15 is 0 Å². The molecule has 0 aliphatic carbocycles. The van der Waals surface area contributed by atoms with Crippen LogP contribution in [-0.4, -0.2) is 39.6 Å². The Labute approximate surface area is 177 Å². The minimum Gasteiger partial charge on any atom is -0.451 e. The van der Waals surface area contributed by atoms with Crippen LogP contribution in [0.15, 0.2) is 9.59 Å². The van der Waals surface area contributed by atoms with Gasteiger partial charge in [-0.1, -0.05) is 20.3 Å². The molecule has 164 valence electrons. The SMILES string of the molecule is CCCCN(C(=O)COC(=O)c1sc(C)nc1C)c1c(N)n(CCC)c(=O)[nH]c1=O. The second-order valence-corrected chi connectivity index (χ2v) is 7.97. The molecule has 11 heteroatoms. The molecule has 0 spiro atoms. The van der Waals surface area contributed by atoms with E-state index in [1.165, 1.54) is 20.8 Å². The number of nitrogens with one attached hydrogen (secondary N) is 1. The highest BCUT2D eigenvalue weighted by Crippen LogP contribution is 2.20. The fraction of sp³-hybridized carbons (Fsp3) is 0.526. The number of H-pyrrole nitrogens is 1. The molecule has 0 radical (unpaired) electrons. The fourth-order valence-corrected chi connectivity index (χ4v) is 3.77. The molecule has 0 aliphatic rings. The Morgan fingerprint density at radius 3 is 2.50 bits per heavy atom. The van der Waals surface area contributed by atoms with Crippen molar-refractivity contribution >= 4 is 34.7 Å². The number of nitrogens with zero attached hydrogens (tertiary/aromatic N) is 3. The molecular formula is C19H27N5O5S. The van der Waals surface area contributed by atoms with Crippen LogP contribution >= 0.6 is 11.3 Å². The topological polar surface area (TPSA) is 140 Å². The summed E-state index contributed by atoms with van der Waals surface area (Å²) in [7, 11) is 0. The number of ether oxygens (including phenoxy) is 1. The monoisotopic (exact) mass is 437 g/mol. The van der Waals surface area contributed by atoms with E-state index in [1.54, 1.807) is 13.8 Å². The number of carbonyl (C=O) groups excluding carboxylic acids is 2. The van der Waals surface area contributed by atoms with Crippen LogP contribution < -0.4 is 21.9 Å². The first kappa shape index (κ1) is 23.3. The van der Waals surface area contributed by atoms with Gasteiger partial charge in [0, 0.05) is 13.1 Å². The zero-order valence-electron chi connectivity index (χ0n) is 17.6. The van der Waals surface area contributed by atoms with E-state index in [9.17, 15) is 19.2 Å². The summed E-state index contributed by atoms with van der Waals surface area (Å²) in [6.45, 7) is 7.18. The van der Waals surface area contributed by atoms with Crippen LogP contribution in [-0.2, 0) is 16.1 Å². The number of nitrogen functional groups attached to an aromatic ring is 1. The van der Waals surface area contributed by atoms with Gasteiger partial charge in [-0.2, -0.15) is 0 Å². The molecule has 0 saturated heterocycles. The van der Waals surface area contributed by atoms with Crippen molar-refractivity contribution in [3.8, 4) is 0 Å². The summed E-state index contributed by atoms with van der Waals surface area (Å²) in [4.78, 5) is 57.6. The molecule has 0 aromatic carbocycles. The van der Waals surface area contributed by atoms with Crippen LogP contribution in [0.3, 0.4) is 0 Å². The molecule has 0 saturated carbocycles. The Hall–Kier alpha value is -2.95. The maximum absolute atomic E-state index is 12.9. The number of aromatic nitrogens is 3. The van der Waals surface area contributed by atoms with Gasteiger partial charge < -0.3 is 15.4 Å². The molecule has 2 rings (SSSR count). The number of unbranched alkanes of at least 4 members (excludes halogenated alkanes) is 1. The number of thiazole rings is 1. The lowest BCUT2D eigenvalue weighted by molar-refractivity contribution is -0.121. The number of hydrogen-bond acceptors (Lipinski definition) is 8. The van der Waals surface area contributed by atoms with Gasteiger partial charge in [-0.15, -0.1) is 11.3 Å². The second-order valence-electron chi connectivity index (χ2n) is 6.77. The van der Waals surface area contributed by atoms with Crippen molar-refractivity contribution in [3.63, 3.8) is 0 Å². The number of hydrogen-bond donors (Lipinski definition) is 2. The highest BCUT2D eigenvalue weighted by Gasteiger charge is 2.25. The Morgan fingerprint density at radius 1 is 1.23 bits per heavy atom. The van der Waals surface area contributed by atoms with E-state index < -0.39 is 29.7 Å². The molecule has 3 N–H and O–H groups in total. The molecule has 0 atom stereocenters. The van der Waals surface area contributed by atoms with Crippen LogP contribution in [0.25, 0.3) is 0 Å². The number of esters is 1. The van der Waals surface area contributed by atoms with Gasteiger partial charge in [-0.3, -0.25) is 19.1 Å². The Kier molecular flexibility index (Phi) is 7.93. The van der Waals surface area contributed by atoms with Crippen molar-refractivity contribution in [2.75, 3.05) is 23.8 Å². The Bertz CT molecular complexity index is 1040. The van der Waals surface area contributed by atoms with Gasteiger partial charge in [0.2, 0.25) is 0 Å². The number of aromatic amines is 1. The Balaban J connectivity index is 2.31. The maximum atomic E-state index is 12.9. The van der Waals surface area contributed by atoms with Crippen LogP contribution in [0.4, 0.5) is 11.5 Å². The summed E-state index contributed by atoms with van der Waals surface area (Å²) < 4.78 is 6.39.